The van der Waals surface area contributed by atoms with E-state index in [9.17, 15) is 4.79 Å². The maximum absolute atomic E-state index is 11.6. The highest BCUT2D eigenvalue weighted by molar-refractivity contribution is 5.99. The van der Waals surface area contributed by atoms with Crippen molar-refractivity contribution in [2.24, 2.45) is 0 Å². The van der Waals surface area contributed by atoms with Gasteiger partial charge in [-0.1, -0.05) is 12.0 Å². The molecule has 0 heterocycles. The molecule has 1 amide bonds. The van der Waals surface area contributed by atoms with Crippen LogP contribution in [0.2, 0.25) is 0 Å². The van der Waals surface area contributed by atoms with Crippen LogP contribution in [0.4, 0.5) is 5.69 Å². The average molecular weight is 258 g/mol. The molecule has 0 radical (unpaired) electrons. The number of ether oxygens (including phenoxy) is 1. The summed E-state index contributed by atoms with van der Waals surface area (Å²) in [5.41, 5.74) is 0.715. The summed E-state index contributed by atoms with van der Waals surface area (Å²) in [5.74, 6) is 2.92. The van der Waals surface area contributed by atoms with Crippen LogP contribution in [0.3, 0.4) is 0 Å². The van der Waals surface area contributed by atoms with Gasteiger partial charge in [0.15, 0.2) is 0 Å². The first-order chi connectivity index (χ1) is 9.11. The molecule has 4 nitrogen and oxygen atoms in total. The van der Waals surface area contributed by atoms with E-state index < -0.39 is 0 Å². The van der Waals surface area contributed by atoms with Crippen molar-refractivity contribution in [2.45, 2.75) is 0 Å². The number of carbonyl (C=O) groups is 1. The highest BCUT2D eigenvalue weighted by Gasteiger charge is 1.98. The fraction of sp³-hybridized carbons (Fsp3) is 0.267. The molecule has 1 rings (SSSR count). The van der Waals surface area contributed by atoms with Crippen molar-refractivity contribution in [3.05, 3.63) is 36.4 Å². The predicted molar refractivity (Wildman–Crippen MR) is 77.1 cm³/mol. The van der Waals surface area contributed by atoms with Crippen molar-refractivity contribution in [3.63, 3.8) is 0 Å². The van der Waals surface area contributed by atoms with Crippen molar-refractivity contribution < 1.29 is 9.53 Å². The minimum Gasteiger partial charge on any atom is -0.481 e. The normalized spacial score (nSPS) is 10.4. The summed E-state index contributed by atoms with van der Waals surface area (Å²) in [6, 6.07) is 7.06. The summed E-state index contributed by atoms with van der Waals surface area (Å²) in [7, 11) is 3.88. The molecule has 0 bridgehead atoms. The Morgan fingerprint density at radius 1 is 1.42 bits per heavy atom. The first kappa shape index (κ1) is 14.8. The fourth-order valence-electron chi connectivity index (χ4n) is 1.31. The standard InChI is InChI=1S/C15H18N2O2/c1-4-12-19-14-9-7-13(8-10-14)16-15(18)6-5-11-17(2)3/h1,5-10H,11-12H2,2-3H3,(H,16,18). The number of rotatable bonds is 6. The number of carbonyl (C=O) groups excluding carboxylic acids is 1. The van der Waals surface area contributed by atoms with Crippen molar-refractivity contribution in [1.29, 1.82) is 0 Å². The molecule has 0 spiro atoms. The van der Waals surface area contributed by atoms with Gasteiger partial charge in [0.05, 0.1) is 0 Å². The van der Waals surface area contributed by atoms with Gasteiger partial charge in [0.25, 0.3) is 0 Å². The number of hydrogen-bond donors (Lipinski definition) is 1. The number of anilines is 1. The Kier molecular flexibility index (Phi) is 6.20. The summed E-state index contributed by atoms with van der Waals surface area (Å²) in [4.78, 5) is 13.6. The Morgan fingerprint density at radius 3 is 2.68 bits per heavy atom. The SMILES string of the molecule is C#CCOc1ccc(NC(=O)C=CCN(C)C)cc1. The summed E-state index contributed by atoms with van der Waals surface area (Å²) in [5, 5.41) is 2.76. The number of benzene rings is 1. The van der Waals surface area contributed by atoms with Gasteiger partial charge in [0, 0.05) is 18.3 Å². The number of nitrogens with zero attached hydrogens (tertiary/aromatic N) is 1. The lowest BCUT2D eigenvalue weighted by molar-refractivity contribution is -0.111. The third-order valence-electron chi connectivity index (χ3n) is 2.18. The van der Waals surface area contributed by atoms with Gasteiger partial charge in [-0.15, -0.1) is 6.42 Å². The van der Waals surface area contributed by atoms with Crippen LogP contribution in [-0.2, 0) is 4.79 Å². The molecular weight excluding hydrogens is 240 g/mol. The minimum absolute atomic E-state index is 0.154. The molecule has 0 saturated heterocycles. The topological polar surface area (TPSA) is 41.6 Å². The van der Waals surface area contributed by atoms with Crippen LogP contribution < -0.4 is 10.1 Å². The van der Waals surface area contributed by atoms with E-state index in [1.165, 1.54) is 6.08 Å². The van der Waals surface area contributed by atoms with Crippen molar-refractivity contribution in [2.75, 3.05) is 32.6 Å². The highest BCUT2D eigenvalue weighted by atomic mass is 16.5. The Balaban J connectivity index is 2.47. The Hall–Kier alpha value is -2.25. The molecule has 0 atom stereocenters. The third-order valence-corrected chi connectivity index (χ3v) is 2.18. The lowest BCUT2D eigenvalue weighted by Crippen LogP contribution is -2.12. The largest absolute Gasteiger partial charge is 0.481 e. The van der Waals surface area contributed by atoms with Gasteiger partial charge in [-0.05, 0) is 38.4 Å². The average Bonchev–Trinajstić information content (AvgIpc) is 2.37. The zero-order chi connectivity index (χ0) is 14.1. The number of likely N-dealkylation sites (N-methyl/N-ethyl adjacent to an activating group) is 1. The predicted octanol–water partition coefficient (Wildman–Crippen LogP) is 1.75. The smallest absolute Gasteiger partial charge is 0.248 e. The van der Waals surface area contributed by atoms with E-state index >= 15 is 0 Å². The van der Waals surface area contributed by atoms with Crippen LogP contribution in [0, 0.1) is 12.3 Å². The molecule has 1 aromatic rings. The second-order valence-corrected chi connectivity index (χ2v) is 4.17. The number of amides is 1. The summed E-state index contributed by atoms with van der Waals surface area (Å²) >= 11 is 0. The van der Waals surface area contributed by atoms with Crippen LogP contribution in [0.1, 0.15) is 0 Å². The second kappa shape index (κ2) is 7.96. The van der Waals surface area contributed by atoms with Crippen molar-refractivity contribution >= 4 is 11.6 Å². The molecule has 1 aromatic carbocycles. The van der Waals surface area contributed by atoms with E-state index in [1.54, 1.807) is 30.3 Å². The monoisotopic (exact) mass is 258 g/mol. The van der Waals surface area contributed by atoms with E-state index in [2.05, 4.69) is 11.2 Å². The molecule has 19 heavy (non-hydrogen) atoms. The van der Waals surface area contributed by atoms with Crippen molar-refractivity contribution in [1.82, 2.24) is 4.90 Å². The molecular formula is C15H18N2O2. The van der Waals surface area contributed by atoms with Crippen LogP contribution in [0.25, 0.3) is 0 Å². The van der Waals surface area contributed by atoms with E-state index in [-0.39, 0.29) is 12.5 Å². The maximum atomic E-state index is 11.6. The van der Waals surface area contributed by atoms with Gasteiger partial charge < -0.3 is 15.0 Å². The van der Waals surface area contributed by atoms with E-state index in [4.69, 9.17) is 11.2 Å². The lowest BCUT2D eigenvalue weighted by atomic mass is 10.3. The maximum Gasteiger partial charge on any atom is 0.248 e. The summed E-state index contributed by atoms with van der Waals surface area (Å²) < 4.78 is 5.24. The zero-order valence-corrected chi connectivity index (χ0v) is 11.2. The van der Waals surface area contributed by atoms with Crippen LogP contribution >= 0.6 is 0 Å². The van der Waals surface area contributed by atoms with Crippen LogP contribution in [-0.4, -0.2) is 38.1 Å². The summed E-state index contributed by atoms with van der Waals surface area (Å²) in [6.45, 7) is 0.964. The van der Waals surface area contributed by atoms with E-state index in [1.807, 2.05) is 19.0 Å². The van der Waals surface area contributed by atoms with Gasteiger partial charge >= 0.3 is 0 Å². The Labute approximate surface area is 114 Å². The zero-order valence-electron chi connectivity index (χ0n) is 11.2. The molecule has 0 aromatic heterocycles. The first-order valence-electron chi connectivity index (χ1n) is 5.90. The molecule has 100 valence electrons. The van der Waals surface area contributed by atoms with Crippen LogP contribution in [0.15, 0.2) is 36.4 Å². The molecule has 0 aliphatic heterocycles. The molecule has 4 heteroatoms. The fourth-order valence-corrected chi connectivity index (χ4v) is 1.31. The number of hydrogen-bond acceptors (Lipinski definition) is 3. The number of terminal acetylenes is 1. The van der Waals surface area contributed by atoms with Gasteiger partial charge in [-0.2, -0.15) is 0 Å². The summed E-state index contributed by atoms with van der Waals surface area (Å²) in [6.07, 6.45) is 8.42. The van der Waals surface area contributed by atoms with Crippen molar-refractivity contribution in [3.8, 4) is 18.1 Å². The van der Waals surface area contributed by atoms with Gasteiger partial charge in [-0.25, -0.2) is 0 Å². The lowest BCUT2D eigenvalue weighted by Gasteiger charge is -2.06. The molecule has 1 N–H and O–H groups in total. The molecule has 0 fully saturated rings. The van der Waals surface area contributed by atoms with E-state index in [0.29, 0.717) is 11.4 Å². The molecule has 0 unspecified atom stereocenters. The second-order valence-electron chi connectivity index (χ2n) is 4.17. The third kappa shape index (κ3) is 6.29. The van der Waals surface area contributed by atoms with Crippen LogP contribution in [0.5, 0.6) is 5.75 Å². The first-order valence-corrected chi connectivity index (χ1v) is 5.90. The van der Waals surface area contributed by atoms with Gasteiger partial charge in [-0.3, -0.25) is 4.79 Å². The van der Waals surface area contributed by atoms with Gasteiger partial charge in [0.1, 0.15) is 12.4 Å². The highest BCUT2D eigenvalue weighted by Crippen LogP contribution is 2.15. The minimum atomic E-state index is -0.154. The Morgan fingerprint density at radius 2 is 2.11 bits per heavy atom. The molecule has 0 saturated carbocycles. The Bertz CT molecular complexity index is 470. The van der Waals surface area contributed by atoms with E-state index in [0.717, 1.165) is 6.54 Å². The molecule has 0 aliphatic rings. The number of nitrogens with one attached hydrogen (secondary N) is 1. The molecule has 0 aliphatic carbocycles. The van der Waals surface area contributed by atoms with Gasteiger partial charge in [0.2, 0.25) is 5.91 Å². The quantitative estimate of drug-likeness (QED) is 0.624.